The van der Waals surface area contributed by atoms with Gasteiger partial charge >= 0.3 is 0 Å². The van der Waals surface area contributed by atoms with E-state index >= 15 is 0 Å². The quantitative estimate of drug-likeness (QED) is 0.474. The van der Waals surface area contributed by atoms with Gasteiger partial charge in [0.05, 0.1) is 26.5 Å². The fourth-order valence-corrected chi connectivity index (χ4v) is 3.71. The molecule has 2 aromatic heterocycles. The smallest absolute Gasteiger partial charge is 0.247 e. The Morgan fingerprint density at radius 1 is 1.03 bits per heavy atom. The minimum atomic E-state index is -0.108. The maximum atomic E-state index is 13.0. The molecule has 31 heavy (non-hydrogen) atoms. The number of amides is 1. The molecule has 1 aliphatic rings. The average Bonchev–Trinajstić information content (AvgIpc) is 3.50. The number of methoxy groups -OCH3 is 1. The zero-order chi connectivity index (χ0) is 21.5. The third-order valence-electron chi connectivity index (χ3n) is 5.43. The molecule has 4 rings (SSSR count). The summed E-state index contributed by atoms with van der Waals surface area (Å²) in [6.45, 7) is 2.79. The average molecular weight is 421 g/mol. The fourth-order valence-electron chi connectivity index (χ4n) is 3.71. The monoisotopic (exact) mass is 420 g/mol. The standard InChI is InChI=1S/C25H28N2O4/c1-29-21-10-7-20(8-11-21)9-13-24(28)27(18-22-6-5-17-30-22)19-23-12-14-25(31-23)26-15-3-2-4-16-26/h5-14,17H,2-4,15-16,18-19H2,1H3/b13-9+. The second-order valence-electron chi connectivity index (χ2n) is 7.67. The van der Waals surface area contributed by atoms with Crippen LogP contribution in [0.1, 0.15) is 36.3 Å². The lowest BCUT2D eigenvalue weighted by atomic mass is 10.1. The minimum absolute atomic E-state index is 0.108. The van der Waals surface area contributed by atoms with E-state index in [9.17, 15) is 4.79 Å². The summed E-state index contributed by atoms with van der Waals surface area (Å²) in [6.07, 6.45) is 8.66. The van der Waals surface area contributed by atoms with Gasteiger partial charge in [0.25, 0.3) is 0 Å². The Balaban J connectivity index is 1.46. The first-order valence-corrected chi connectivity index (χ1v) is 10.7. The van der Waals surface area contributed by atoms with Gasteiger partial charge in [-0.1, -0.05) is 12.1 Å². The summed E-state index contributed by atoms with van der Waals surface area (Å²) in [6, 6.07) is 15.2. The van der Waals surface area contributed by atoms with Crippen molar-refractivity contribution in [1.29, 1.82) is 0 Å². The number of benzene rings is 1. The summed E-state index contributed by atoms with van der Waals surface area (Å²) in [5.74, 6) is 3.05. The zero-order valence-electron chi connectivity index (χ0n) is 17.8. The molecule has 1 saturated heterocycles. The van der Waals surface area contributed by atoms with E-state index < -0.39 is 0 Å². The van der Waals surface area contributed by atoms with Crippen LogP contribution < -0.4 is 9.64 Å². The number of piperidine rings is 1. The minimum Gasteiger partial charge on any atom is -0.497 e. The van der Waals surface area contributed by atoms with E-state index in [1.54, 1.807) is 30.4 Å². The van der Waals surface area contributed by atoms with Gasteiger partial charge in [0.15, 0.2) is 5.88 Å². The van der Waals surface area contributed by atoms with Crippen molar-refractivity contribution >= 4 is 17.9 Å². The molecule has 0 spiro atoms. The molecule has 1 aliphatic heterocycles. The molecule has 0 aliphatic carbocycles. The Morgan fingerprint density at radius 2 is 1.81 bits per heavy atom. The van der Waals surface area contributed by atoms with Crippen LogP contribution in [0.15, 0.2) is 69.7 Å². The number of ether oxygens (including phenoxy) is 1. The molecular formula is C25H28N2O4. The maximum Gasteiger partial charge on any atom is 0.247 e. The molecule has 1 fully saturated rings. The molecule has 0 atom stereocenters. The molecule has 0 radical (unpaired) electrons. The van der Waals surface area contributed by atoms with Crippen molar-refractivity contribution in [3.63, 3.8) is 0 Å². The second-order valence-corrected chi connectivity index (χ2v) is 7.67. The van der Waals surface area contributed by atoms with Gasteiger partial charge in [0.2, 0.25) is 5.91 Å². The Labute approximate surface area is 182 Å². The Hall–Kier alpha value is -3.41. The van der Waals surface area contributed by atoms with Crippen LogP contribution in [0.3, 0.4) is 0 Å². The molecule has 162 valence electrons. The van der Waals surface area contributed by atoms with E-state index in [-0.39, 0.29) is 5.91 Å². The number of anilines is 1. The second kappa shape index (κ2) is 10.1. The normalized spacial score (nSPS) is 14.2. The molecule has 6 heteroatoms. The van der Waals surface area contributed by atoms with Crippen molar-refractivity contribution in [2.45, 2.75) is 32.4 Å². The topological polar surface area (TPSA) is 59.1 Å². The van der Waals surface area contributed by atoms with Crippen LogP contribution in [0.2, 0.25) is 0 Å². The number of nitrogens with zero attached hydrogens (tertiary/aromatic N) is 2. The number of carbonyl (C=O) groups is 1. The molecule has 1 amide bonds. The van der Waals surface area contributed by atoms with Gasteiger partial charge in [-0.05, 0) is 61.2 Å². The van der Waals surface area contributed by atoms with E-state index in [1.165, 1.54) is 19.3 Å². The SMILES string of the molecule is COc1ccc(/C=C/C(=O)N(Cc2ccco2)Cc2ccc(N3CCCCC3)o2)cc1. The first kappa shape index (κ1) is 20.8. The fraction of sp³-hybridized carbons (Fsp3) is 0.320. The van der Waals surface area contributed by atoms with Gasteiger partial charge in [-0.25, -0.2) is 0 Å². The molecule has 6 nitrogen and oxygen atoms in total. The number of hydrogen-bond donors (Lipinski definition) is 0. The molecule has 0 saturated carbocycles. The Kier molecular flexibility index (Phi) is 6.77. The van der Waals surface area contributed by atoms with Crippen molar-refractivity contribution in [3.05, 3.63) is 78.0 Å². The van der Waals surface area contributed by atoms with Crippen LogP contribution in [-0.4, -0.2) is 31.0 Å². The van der Waals surface area contributed by atoms with E-state index in [0.717, 1.165) is 41.8 Å². The third-order valence-corrected chi connectivity index (χ3v) is 5.43. The summed E-state index contributed by atoms with van der Waals surface area (Å²) in [4.78, 5) is 17.0. The van der Waals surface area contributed by atoms with Crippen LogP contribution >= 0.6 is 0 Å². The number of carbonyl (C=O) groups excluding carboxylic acids is 1. The zero-order valence-corrected chi connectivity index (χ0v) is 17.8. The summed E-state index contributed by atoms with van der Waals surface area (Å²) < 4.78 is 16.7. The van der Waals surface area contributed by atoms with Crippen molar-refractivity contribution in [3.8, 4) is 5.75 Å². The molecule has 1 aromatic carbocycles. The van der Waals surface area contributed by atoms with Gasteiger partial charge in [-0.15, -0.1) is 0 Å². The predicted octanol–water partition coefficient (Wildman–Crippen LogP) is 5.11. The molecule has 3 aromatic rings. The molecule has 0 bridgehead atoms. The summed E-state index contributed by atoms with van der Waals surface area (Å²) in [5, 5.41) is 0. The summed E-state index contributed by atoms with van der Waals surface area (Å²) >= 11 is 0. The first-order valence-electron chi connectivity index (χ1n) is 10.7. The van der Waals surface area contributed by atoms with E-state index in [2.05, 4.69) is 4.90 Å². The molecular weight excluding hydrogens is 392 g/mol. The highest BCUT2D eigenvalue weighted by Gasteiger charge is 2.18. The Bertz CT molecular complexity index is 983. The summed E-state index contributed by atoms with van der Waals surface area (Å²) in [7, 11) is 1.63. The van der Waals surface area contributed by atoms with Crippen molar-refractivity contribution < 1.29 is 18.4 Å². The number of hydrogen-bond acceptors (Lipinski definition) is 5. The van der Waals surface area contributed by atoms with E-state index in [4.69, 9.17) is 13.6 Å². The number of furan rings is 2. The molecule has 0 N–H and O–H groups in total. The van der Waals surface area contributed by atoms with Crippen LogP contribution in [0, 0.1) is 0 Å². The van der Waals surface area contributed by atoms with Crippen LogP contribution in [0.5, 0.6) is 5.75 Å². The predicted molar refractivity (Wildman–Crippen MR) is 120 cm³/mol. The lowest BCUT2D eigenvalue weighted by Crippen LogP contribution is -2.29. The van der Waals surface area contributed by atoms with Gasteiger partial charge in [-0.2, -0.15) is 0 Å². The van der Waals surface area contributed by atoms with Crippen molar-refractivity contribution in [2.75, 3.05) is 25.1 Å². The van der Waals surface area contributed by atoms with E-state index in [0.29, 0.717) is 13.1 Å². The lowest BCUT2D eigenvalue weighted by molar-refractivity contribution is -0.127. The Morgan fingerprint density at radius 3 is 2.52 bits per heavy atom. The summed E-state index contributed by atoms with van der Waals surface area (Å²) in [5.41, 5.74) is 0.928. The van der Waals surface area contributed by atoms with Crippen LogP contribution in [0.4, 0.5) is 5.88 Å². The van der Waals surface area contributed by atoms with Gasteiger partial charge in [0, 0.05) is 25.2 Å². The highest BCUT2D eigenvalue weighted by Crippen LogP contribution is 2.24. The van der Waals surface area contributed by atoms with Gasteiger partial charge in [0.1, 0.15) is 17.3 Å². The lowest BCUT2D eigenvalue weighted by Gasteiger charge is -2.26. The van der Waals surface area contributed by atoms with Crippen molar-refractivity contribution in [1.82, 2.24) is 4.90 Å². The number of rotatable bonds is 8. The van der Waals surface area contributed by atoms with Crippen LogP contribution in [0.25, 0.3) is 6.08 Å². The largest absolute Gasteiger partial charge is 0.497 e. The van der Waals surface area contributed by atoms with Crippen LogP contribution in [-0.2, 0) is 17.9 Å². The molecule has 3 heterocycles. The third kappa shape index (κ3) is 5.60. The first-order chi connectivity index (χ1) is 15.2. The maximum absolute atomic E-state index is 13.0. The van der Waals surface area contributed by atoms with Crippen molar-refractivity contribution in [2.24, 2.45) is 0 Å². The van der Waals surface area contributed by atoms with E-state index in [1.807, 2.05) is 48.5 Å². The molecule has 0 unspecified atom stereocenters. The highest BCUT2D eigenvalue weighted by atomic mass is 16.5. The van der Waals surface area contributed by atoms with Gasteiger partial charge < -0.3 is 23.4 Å². The highest BCUT2D eigenvalue weighted by molar-refractivity contribution is 5.91. The van der Waals surface area contributed by atoms with Gasteiger partial charge in [-0.3, -0.25) is 4.79 Å².